The summed E-state index contributed by atoms with van der Waals surface area (Å²) in [7, 11) is 0. The number of hydrogen-bond donors (Lipinski definition) is 0. The molecule has 0 N–H and O–H groups in total. The van der Waals surface area contributed by atoms with Gasteiger partial charge in [-0.25, -0.2) is 0 Å². The van der Waals surface area contributed by atoms with Gasteiger partial charge in [0.1, 0.15) is 11.9 Å². The van der Waals surface area contributed by atoms with Crippen molar-refractivity contribution in [3.05, 3.63) is 17.5 Å². The fourth-order valence-corrected chi connectivity index (χ4v) is 2.60. The van der Waals surface area contributed by atoms with E-state index < -0.39 is 5.60 Å². The van der Waals surface area contributed by atoms with Gasteiger partial charge in [0.15, 0.2) is 0 Å². The Morgan fingerprint density at radius 2 is 2.47 bits per heavy atom. The lowest BCUT2D eigenvalue weighted by Crippen LogP contribution is -2.48. The molecule has 5 nitrogen and oxygen atoms in total. The van der Waals surface area contributed by atoms with Crippen molar-refractivity contribution in [1.82, 2.24) is 10.1 Å². The number of carbonyl (C=O) groups is 1. The maximum atomic E-state index is 12.4. The maximum Gasteiger partial charge on any atom is 0.254 e. The first-order chi connectivity index (χ1) is 8.19. The molecule has 1 saturated heterocycles. The molecular weight excluding hydrogens is 220 g/mol. The monoisotopic (exact) mass is 236 g/mol. The molecule has 3 rings (SSSR count). The summed E-state index contributed by atoms with van der Waals surface area (Å²) in [5.41, 5.74) is 1.38. The van der Waals surface area contributed by atoms with Crippen LogP contribution in [-0.4, -0.2) is 34.7 Å². The Morgan fingerprint density at radius 1 is 1.59 bits per heavy atom. The van der Waals surface area contributed by atoms with Crippen LogP contribution in [0.15, 0.2) is 10.8 Å². The van der Waals surface area contributed by atoms with E-state index in [4.69, 9.17) is 9.26 Å². The molecule has 1 aromatic rings. The minimum Gasteiger partial charge on any atom is -0.365 e. The molecule has 0 aromatic carbocycles. The third-order valence-electron chi connectivity index (χ3n) is 3.67. The molecule has 0 bridgehead atoms. The molecule has 1 aromatic heterocycles. The summed E-state index contributed by atoms with van der Waals surface area (Å²) < 4.78 is 10.5. The van der Waals surface area contributed by atoms with Gasteiger partial charge in [0, 0.05) is 25.1 Å². The molecule has 1 amide bonds. The minimum atomic E-state index is -0.616. The van der Waals surface area contributed by atoms with Gasteiger partial charge in [0.2, 0.25) is 0 Å². The zero-order valence-corrected chi connectivity index (χ0v) is 9.94. The van der Waals surface area contributed by atoms with Gasteiger partial charge in [-0.15, -0.1) is 0 Å². The topological polar surface area (TPSA) is 55.6 Å². The average molecular weight is 236 g/mol. The van der Waals surface area contributed by atoms with Crippen molar-refractivity contribution in [3.8, 4) is 0 Å². The molecule has 3 heterocycles. The maximum absolute atomic E-state index is 12.4. The number of ether oxygens (including phenoxy) is 1. The number of carbonyl (C=O) groups excluding carboxylic acids is 1. The van der Waals surface area contributed by atoms with E-state index in [2.05, 4.69) is 5.16 Å². The Balaban J connectivity index is 1.76. The first kappa shape index (κ1) is 10.8. The zero-order valence-electron chi connectivity index (χ0n) is 9.94. The number of aromatic nitrogens is 1. The van der Waals surface area contributed by atoms with Gasteiger partial charge in [-0.05, 0) is 19.8 Å². The lowest BCUT2D eigenvalue weighted by Gasteiger charge is -2.32. The molecule has 1 fully saturated rings. The normalized spacial score (nSPS) is 28.2. The largest absolute Gasteiger partial charge is 0.365 e. The van der Waals surface area contributed by atoms with E-state index in [1.807, 2.05) is 11.8 Å². The predicted octanol–water partition coefficient (Wildman–Crippen LogP) is 1.13. The number of hydrogen-bond acceptors (Lipinski definition) is 4. The highest BCUT2D eigenvalue weighted by molar-refractivity contribution is 5.85. The third-order valence-corrected chi connectivity index (χ3v) is 3.67. The van der Waals surface area contributed by atoms with Crippen molar-refractivity contribution in [2.24, 2.45) is 0 Å². The number of nitrogens with zero attached hydrogens (tertiary/aromatic N) is 2. The van der Waals surface area contributed by atoms with E-state index in [0.29, 0.717) is 19.7 Å². The van der Waals surface area contributed by atoms with E-state index in [-0.39, 0.29) is 5.91 Å². The second-order valence-electron chi connectivity index (χ2n) is 4.95. The molecule has 0 unspecified atom stereocenters. The standard InChI is InChI=1S/C12H16N2O3/c1-12(4-2-6-16-12)11(15)14-5-3-10-9(7-14)8-17-13-10/h8H,2-7H2,1H3/t12-/m1/s1. The summed E-state index contributed by atoms with van der Waals surface area (Å²) in [4.78, 5) is 14.3. The molecule has 1 atom stereocenters. The predicted molar refractivity (Wildman–Crippen MR) is 59.2 cm³/mol. The zero-order chi connectivity index (χ0) is 11.9. The van der Waals surface area contributed by atoms with Crippen LogP contribution in [0.3, 0.4) is 0 Å². The first-order valence-corrected chi connectivity index (χ1v) is 6.04. The Hall–Kier alpha value is -1.36. The Kier molecular flexibility index (Phi) is 2.43. The van der Waals surface area contributed by atoms with Gasteiger partial charge in [-0.2, -0.15) is 0 Å². The van der Waals surface area contributed by atoms with Gasteiger partial charge >= 0.3 is 0 Å². The van der Waals surface area contributed by atoms with Crippen LogP contribution < -0.4 is 0 Å². The molecule has 0 spiro atoms. The van der Waals surface area contributed by atoms with Gasteiger partial charge in [0.25, 0.3) is 5.91 Å². The SMILES string of the molecule is C[C@]1(C(=O)N2CCc3nocc3C2)CCCO1. The van der Waals surface area contributed by atoms with Crippen LogP contribution >= 0.6 is 0 Å². The number of fused-ring (bicyclic) bond motifs is 1. The van der Waals surface area contributed by atoms with Crippen molar-refractivity contribution in [3.63, 3.8) is 0 Å². The van der Waals surface area contributed by atoms with Crippen molar-refractivity contribution in [2.45, 2.75) is 38.3 Å². The van der Waals surface area contributed by atoms with Crippen LogP contribution in [0.2, 0.25) is 0 Å². The lowest BCUT2D eigenvalue weighted by molar-refractivity contribution is -0.152. The summed E-state index contributed by atoms with van der Waals surface area (Å²) in [5.74, 6) is 0.0989. The van der Waals surface area contributed by atoms with Gasteiger partial charge in [0.05, 0.1) is 12.2 Å². The summed E-state index contributed by atoms with van der Waals surface area (Å²) in [6.07, 6.45) is 4.19. The third kappa shape index (κ3) is 1.74. The van der Waals surface area contributed by atoms with E-state index in [1.54, 1.807) is 6.26 Å². The van der Waals surface area contributed by atoms with Crippen molar-refractivity contribution in [2.75, 3.05) is 13.2 Å². The summed E-state index contributed by atoms with van der Waals surface area (Å²) in [6.45, 7) is 3.88. The van der Waals surface area contributed by atoms with Crippen LogP contribution in [0.5, 0.6) is 0 Å². The molecule has 92 valence electrons. The van der Waals surface area contributed by atoms with Gasteiger partial charge in [-0.1, -0.05) is 5.16 Å². The van der Waals surface area contributed by atoms with Crippen LogP contribution in [0.1, 0.15) is 31.0 Å². The molecule has 0 aliphatic carbocycles. The average Bonchev–Trinajstić information content (AvgIpc) is 2.96. The number of amides is 1. The van der Waals surface area contributed by atoms with Crippen molar-refractivity contribution < 1.29 is 14.1 Å². The Bertz CT molecular complexity index is 435. The summed E-state index contributed by atoms with van der Waals surface area (Å²) in [6, 6.07) is 0. The summed E-state index contributed by atoms with van der Waals surface area (Å²) >= 11 is 0. The molecule has 0 radical (unpaired) electrons. The van der Waals surface area contributed by atoms with Crippen molar-refractivity contribution in [1.29, 1.82) is 0 Å². The molecular formula is C12H16N2O3. The smallest absolute Gasteiger partial charge is 0.254 e. The first-order valence-electron chi connectivity index (χ1n) is 6.04. The number of rotatable bonds is 1. The molecule has 5 heteroatoms. The minimum absolute atomic E-state index is 0.0989. The van der Waals surface area contributed by atoms with Crippen LogP contribution in [0.25, 0.3) is 0 Å². The second-order valence-corrected chi connectivity index (χ2v) is 4.95. The van der Waals surface area contributed by atoms with E-state index in [9.17, 15) is 4.79 Å². The van der Waals surface area contributed by atoms with Crippen LogP contribution in [-0.2, 0) is 22.5 Å². The molecule has 2 aliphatic rings. The second kappa shape index (κ2) is 3.84. The molecule has 2 aliphatic heterocycles. The highest BCUT2D eigenvalue weighted by Gasteiger charge is 2.41. The summed E-state index contributed by atoms with van der Waals surface area (Å²) in [5, 5.41) is 3.92. The highest BCUT2D eigenvalue weighted by atomic mass is 16.5. The fraction of sp³-hybridized carbons (Fsp3) is 0.667. The molecule has 17 heavy (non-hydrogen) atoms. The lowest BCUT2D eigenvalue weighted by atomic mass is 9.99. The van der Waals surface area contributed by atoms with Gasteiger partial charge < -0.3 is 14.2 Å². The van der Waals surface area contributed by atoms with Gasteiger partial charge in [-0.3, -0.25) is 4.79 Å². The van der Waals surface area contributed by atoms with Crippen LogP contribution in [0.4, 0.5) is 0 Å². The van der Waals surface area contributed by atoms with E-state index in [1.165, 1.54) is 0 Å². The van der Waals surface area contributed by atoms with Crippen LogP contribution in [0, 0.1) is 0 Å². The van der Waals surface area contributed by atoms with E-state index >= 15 is 0 Å². The Morgan fingerprint density at radius 3 is 3.24 bits per heavy atom. The Labute approximate surface area is 99.7 Å². The highest BCUT2D eigenvalue weighted by Crippen LogP contribution is 2.29. The van der Waals surface area contributed by atoms with Crippen molar-refractivity contribution >= 4 is 5.91 Å². The quantitative estimate of drug-likeness (QED) is 0.733. The van der Waals surface area contributed by atoms with E-state index in [0.717, 1.165) is 30.5 Å². The fourth-order valence-electron chi connectivity index (χ4n) is 2.60. The molecule has 0 saturated carbocycles.